The molecule has 0 bridgehead atoms. The van der Waals surface area contributed by atoms with E-state index >= 15 is 0 Å². The molecule has 0 spiro atoms. The highest BCUT2D eigenvalue weighted by Crippen LogP contribution is 2.18. The van der Waals surface area contributed by atoms with Gasteiger partial charge in [0.25, 0.3) is 5.69 Å². The molecule has 1 aromatic heterocycles. The number of esters is 1. The molecular formula is C13H9NO5S. The molecule has 0 saturated heterocycles. The van der Waals surface area contributed by atoms with Gasteiger partial charge in [0.15, 0.2) is 6.61 Å². The number of Topliss-reactive ketones (excluding diaryl/α,β-unsaturated/α-hetero) is 1. The molecule has 0 aliphatic carbocycles. The lowest BCUT2D eigenvalue weighted by atomic mass is 10.2. The minimum atomic E-state index is -0.887. The van der Waals surface area contributed by atoms with E-state index in [-0.39, 0.29) is 17.0 Å². The van der Waals surface area contributed by atoms with Gasteiger partial charge in [0.2, 0.25) is 5.78 Å². The van der Waals surface area contributed by atoms with Crippen molar-refractivity contribution in [2.24, 2.45) is 0 Å². The number of hydrogen-bond acceptors (Lipinski definition) is 6. The highest BCUT2D eigenvalue weighted by Gasteiger charge is 2.21. The van der Waals surface area contributed by atoms with Gasteiger partial charge in [0.05, 0.1) is 9.80 Å². The Morgan fingerprint density at radius 2 is 1.95 bits per heavy atom. The standard InChI is InChI=1S/C13H9NO5S/c15-11(12-6-3-7-20-12)8-19-13(16)9-4-1-2-5-10(9)14(17)18/h1-7H,8H2. The molecule has 20 heavy (non-hydrogen) atoms. The lowest BCUT2D eigenvalue weighted by Gasteiger charge is -2.03. The van der Waals surface area contributed by atoms with E-state index in [2.05, 4.69) is 0 Å². The summed E-state index contributed by atoms with van der Waals surface area (Å²) in [5, 5.41) is 12.5. The van der Waals surface area contributed by atoms with Crippen molar-refractivity contribution in [2.45, 2.75) is 0 Å². The van der Waals surface area contributed by atoms with Crippen molar-refractivity contribution < 1.29 is 19.2 Å². The van der Waals surface area contributed by atoms with Crippen molar-refractivity contribution in [1.82, 2.24) is 0 Å². The number of hydrogen-bond donors (Lipinski definition) is 0. The molecule has 0 atom stereocenters. The largest absolute Gasteiger partial charge is 0.453 e. The summed E-state index contributed by atoms with van der Waals surface area (Å²) in [6.07, 6.45) is 0. The van der Waals surface area contributed by atoms with E-state index in [1.54, 1.807) is 17.5 Å². The van der Waals surface area contributed by atoms with Crippen molar-refractivity contribution in [3.05, 3.63) is 62.3 Å². The van der Waals surface area contributed by atoms with Crippen LogP contribution in [-0.4, -0.2) is 23.3 Å². The van der Waals surface area contributed by atoms with E-state index in [1.165, 1.54) is 35.6 Å². The zero-order valence-corrected chi connectivity index (χ0v) is 11.0. The maximum Gasteiger partial charge on any atom is 0.345 e. The van der Waals surface area contributed by atoms with E-state index in [0.29, 0.717) is 4.88 Å². The number of ether oxygens (including phenoxy) is 1. The number of benzene rings is 1. The predicted octanol–water partition coefficient (Wildman–Crippen LogP) is 2.70. The highest BCUT2D eigenvalue weighted by molar-refractivity contribution is 7.12. The van der Waals surface area contributed by atoms with Crippen LogP contribution in [0, 0.1) is 10.1 Å². The number of thiophene rings is 1. The molecule has 0 fully saturated rings. The smallest absolute Gasteiger partial charge is 0.345 e. The number of rotatable bonds is 5. The Kier molecular flexibility index (Phi) is 4.21. The molecule has 0 unspecified atom stereocenters. The molecule has 102 valence electrons. The van der Waals surface area contributed by atoms with E-state index in [4.69, 9.17) is 4.74 Å². The van der Waals surface area contributed by atoms with Crippen molar-refractivity contribution in [3.63, 3.8) is 0 Å². The average molecular weight is 291 g/mol. The van der Waals surface area contributed by atoms with Gasteiger partial charge in [-0.15, -0.1) is 11.3 Å². The molecule has 0 saturated carbocycles. The van der Waals surface area contributed by atoms with Crippen molar-refractivity contribution in [2.75, 3.05) is 6.61 Å². The molecule has 6 nitrogen and oxygen atoms in total. The van der Waals surface area contributed by atoms with Gasteiger partial charge < -0.3 is 4.74 Å². The Morgan fingerprint density at radius 1 is 1.20 bits per heavy atom. The van der Waals surface area contributed by atoms with Gasteiger partial charge in [-0.3, -0.25) is 14.9 Å². The normalized spacial score (nSPS) is 10.0. The number of carbonyl (C=O) groups excluding carboxylic acids is 2. The van der Waals surface area contributed by atoms with Crippen molar-refractivity contribution in [3.8, 4) is 0 Å². The number of nitro groups is 1. The molecule has 0 radical (unpaired) electrons. The Balaban J connectivity index is 2.06. The van der Waals surface area contributed by atoms with Crippen LogP contribution >= 0.6 is 11.3 Å². The van der Waals surface area contributed by atoms with Gasteiger partial charge in [-0.05, 0) is 17.5 Å². The molecule has 0 aliphatic rings. The van der Waals surface area contributed by atoms with Crippen LogP contribution in [0.4, 0.5) is 5.69 Å². The Hall–Kier alpha value is -2.54. The number of carbonyl (C=O) groups is 2. The number of nitrogens with zero attached hydrogens (tertiary/aromatic N) is 1. The molecule has 7 heteroatoms. The summed E-state index contributed by atoms with van der Waals surface area (Å²) in [6.45, 7) is -0.439. The topological polar surface area (TPSA) is 86.5 Å². The van der Waals surface area contributed by atoms with Crippen LogP contribution < -0.4 is 0 Å². The third-order valence-corrected chi connectivity index (χ3v) is 3.36. The molecule has 2 rings (SSSR count). The van der Waals surface area contributed by atoms with Gasteiger partial charge in [-0.2, -0.15) is 0 Å². The van der Waals surface area contributed by atoms with Crippen molar-refractivity contribution >= 4 is 28.8 Å². The van der Waals surface area contributed by atoms with Crippen LogP contribution in [0.5, 0.6) is 0 Å². The Labute approximate surface area is 117 Å². The minimum Gasteiger partial charge on any atom is -0.453 e. The fraction of sp³-hybridized carbons (Fsp3) is 0.0769. The molecule has 1 heterocycles. The first-order valence-corrected chi connectivity index (χ1v) is 6.45. The lowest BCUT2D eigenvalue weighted by molar-refractivity contribution is -0.385. The van der Waals surface area contributed by atoms with Gasteiger partial charge in [0, 0.05) is 6.07 Å². The van der Waals surface area contributed by atoms with Crippen LogP contribution in [0.1, 0.15) is 20.0 Å². The van der Waals surface area contributed by atoms with E-state index in [0.717, 1.165) is 0 Å². The summed E-state index contributed by atoms with van der Waals surface area (Å²) < 4.78 is 4.82. The SMILES string of the molecule is O=C(COC(=O)c1ccccc1[N+](=O)[O-])c1cccs1. The minimum absolute atomic E-state index is 0.170. The third-order valence-electron chi connectivity index (χ3n) is 2.45. The first-order valence-electron chi connectivity index (χ1n) is 5.57. The number of nitro benzene ring substituents is 1. The summed E-state index contributed by atoms with van der Waals surface area (Å²) in [7, 11) is 0. The fourth-order valence-corrected chi connectivity index (χ4v) is 2.17. The van der Waals surface area contributed by atoms with Crippen LogP contribution in [0.3, 0.4) is 0 Å². The van der Waals surface area contributed by atoms with Crippen LogP contribution in [0.25, 0.3) is 0 Å². The summed E-state index contributed by atoms with van der Waals surface area (Å²) in [5.74, 6) is -1.23. The molecule has 2 aromatic rings. The van der Waals surface area contributed by atoms with Gasteiger partial charge in [-0.25, -0.2) is 4.79 Å². The average Bonchev–Trinajstić information content (AvgIpc) is 2.98. The second-order valence-electron chi connectivity index (χ2n) is 3.75. The molecule has 0 amide bonds. The van der Waals surface area contributed by atoms with Crippen molar-refractivity contribution in [1.29, 1.82) is 0 Å². The summed E-state index contributed by atoms with van der Waals surface area (Å²) in [4.78, 5) is 34.0. The quantitative estimate of drug-likeness (QED) is 0.366. The van der Waals surface area contributed by atoms with Gasteiger partial charge in [-0.1, -0.05) is 18.2 Å². The van der Waals surface area contributed by atoms with Crippen LogP contribution in [0.2, 0.25) is 0 Å². The summed E-state index contributed by atoms with van der Waals surface area (Å²) in [6, 6.07) is 8.76. The highest BCUT2D eigenvalue weighted by atomic mass is 32.1. The zero-order chi connectivity index (χ0) is 14.5. The maximum absolute atomic E-state index is 11.8. The molecule has 0 aliphatic heterocycles. The fourth-order valence-electron chi connectivity index (χ4n) is 1.52. The molecule has 1 aromatic carbocycles. The van der Waals surface area contributed by atoms with E-state index in [9.17, 15) is 19.7 Å². The number of para-hydroxylation sites is 1. The Morgan fingerprint density at radius 3 is 2.60 bits per heavy atom. The van der Waals surface area contributed by atoms with Gasteiger partial charge >= 0.3 is 5.97 Å². The number of ketones is 1. The van der Waals surface area contributed by atoms with E-state index < -0.39 is 17.5 Å². The summed E-state index contributed by atoms with van der Waals surface area (Å²) >= 11 is 1.24. The first kappa shape index (κ1) is 13.9. The van der Waals surface area contributed by atoms with E-state index in [1.807, 2.05) is 0 Å². The maximum atomic E-state index is 11.8. The van der Waals surface area contributed by atoms with Gasteiger partial charge in [0.1, 0.15) is 5.56 Å². The summed E-state index contributed by atoms with van der Waals surface area (Å²) in [5.41, 5.74) is -0.516. The van der Waals surface area contributed by atoms with Crippen LogP contribution in [0.15, 0.2) is 41.8 Å². The molecule has 0 N–H and O–H groups in total. The second kappa shape index (κ2) is 6.07. The zero-order valence-electron chi connectivity index (χ0n) is 10.1. The second-order valence-corrected chi connectivity index (χ2v) is 4.70. The third kappa shape index (κ3) is 3.07. The monoisotopic (exact) mass is 291 g/mol. The first-order chi connectivity index (χ1) is 9.59. The van der Waals surface area contributed by atoms with Crippen LogP contribution in [-0.2, 0) is 4.74 Å². The predicted molar refractivity (Wildman–Crippen MR) is 72.0 cm³/mol. The Bertz CT molecular complexity index is 651. The lowest BCUT2D eigenvalue weighted by Crippen LogP contribution is -2.14. The molecular weight excluding hydrogens is 282 g/mol.